The molecule has 21 heavy (non-hydrogen) atoms. The zero-order valence-corrected chi connectivity index (χ0v) is 13.4. The second-order valence-electron chi connectivity index (χ2n) is 4.92. The summed E-state index contributed by atoms with van der Waals surface area (Å²) in [6.45, 7) is 2.33. The number of rotatable bonds is 14. The van der Waals surface area contributed by atoms with Crippen molar-refractivity contribution < 1.29 is 19.0 Å². The van der Waals surface area contributed by atoms with E-state index in [4.69, 9.17) is 20.6 Å². The molecule has 1 N–H and O–H groups in total. The van der Waals surface area contributed by atoms with Crippen LogP contribution in [0.15, 0.2) is 0 Å². The summed E-state index contributed by atoms with van der Waals surface area (Å²) in [5.74, 6) is 2.37. The van der Waals surface area contributed by atoms with Gasteiger partial charge in [0, 0.05) is 20.6 Å². The number of carbonyl (C=O) groups is 1. The molecule has 0 amide bonds. The van der Waals surface area contributed by atoms with Crippen LogP contribution >= 0.6 is 0 Å². The van der Waals surface area contributed by atoms with Crippen LogP contribution in [0.2, 0.25) is 0 Å². The smallest absolute Gasteiger partial charge is 0.306 e. The van der Waals surface area contributed by atoms with Crippen molar-refractivity contribution >= 4 is 5.97 Å². The molecule has 5 nitrogen and oxygen atoms in total. The molecule has 0 bridgehead atoms. The molecule has 0 atom stereocenters. The Labute approximate surface area is 128 Å². The van der Waals surface area contributed by atoms with E-state index < -0.39 is 0 Å². The molecule has 0 aliphatic carbocycles. The Bertz CT molecular complexity index is 282. The van der Waals surface area contributed by atoms with E-state index in [1.165, 1.54) is 0 Å². The number of esters is 1. The third-order valence-electron chi connectivity index (χ3n) is 2.96. The second kappa shape index (κ2) is 15.3. The molecule has 0 aromatic heterocycles. The van der Waals surface area contributed by atoms with Gasteiger partial charge < -0.3 is 19.5 Å². The number of hydrogen-bond donors (Lipinski definition) is 1. The molecule has 122 valence electrons. The van der Waals surface area contributed by atoms with Crippen LogP contribution in [0.4, 0.5) is 0 Å². The summed E-state index contributed by atoms with van der Waals surface area (Å²) >= 11 is 0. The quantitative estimate of drug-likeness (QED) is 0.301. The number of hydrogen-bond acceptors (Lipinski definition) is 5. The first-order valence-corrected chi connectivity index (χ1v) is 7.56. The van der Waals surface area contributed by atoms with Crippen LogP contribution in [0.1, 0.15) is 38.5 Å². The van der Waals surface area contributed by atoms with Crippen LogP contribution in [0.25, 0.3) is 0 Å². The van der Waals surface area contributed by atoms with Gasteiger partial charge in [-0.1, -0.05) is 25.2 Å². The molecular weight excluding hydrogens is 270 g/mol. The number of terminal acetylenes is 1. The standard InChI is InChI=1S/C16H29NO4/c1-4-11-17-12-9-7-5-6-8-10-16(18)21-15(13-19-2)14-20-3/h1,15,17H,5-14H2,2-3H3. The van der Waals surface area contributed by atoms with Crippen LogP contribution in [0.3, 0.4) is 0 Å². The van der Waals surface area contributed by atoms with Crippen LogP contribution < -0.4 is 5.32 Å². The zero-order valence-electron chi connectivity index (χ0n) is 13.4. The van der Waals surface area contributed by atoms with E-state index in [1.54, 1.807) is 14.2 Å². The van der Waals surface area contributed by atoms with Crippen molar-refractivity contribution in [3.63, 3.8) is 0 Å². The van der Waals surface area contributed by atoms with Gasteiger partial charge in [-0.25, -0.2) is 0 Å². The van der Waals surface area contributed by atoms with E-state index in [2.05, 4.69) is 11.2 Å². The summed E-state index contributed by atoms with van der Waals surface area (Å²) in [5, 5.41) is 3.16. The van der Waals surface area contributed by atoms with Crippen molar-refractivity contribution in [2.45, 2.75) is 44.6 Å². The van der Waals surface area contributed by atoms with Crippen molar-refractivity contribution in [1.29, 1.82) is 0 Å². The SMILES string of the molecule is C#CCNCCCCCCCC(=O)OC(COC)COC. The summed E-state index contributed by atoms with van der Waals surface area (Å²) in [5.41, 5.74) is 0. The van der Waals surface area contributed by atoms with Gasteiger partial charge in [-0.15, -0.1) is 6.42 Å². The fourth-order valence-electron chi connectivity index (χ4n) is 1.94. The fourth-order valence-corrected chi connectivity index (χ4v) is 1.94. The van der Waals surface area contributed by atoms with Gasteiger partial charge in [0.15, 0.2) is 0 Å². The molecule has 0 rings (SSSR count). The molecule has 0 spiro atoms. The minimum Gasteiger partial charge on any atom is -0.457 e. The lowest BCUT2D eigenvalue weighted by Gasteiger charge is -2.16. The highest BCUT2D eigenvalue weighted by Gasteiger charge is 2.13. The fraction of sp³-hybridized carbons (Fsp3) is 0.812. The van der Waals surface area contributed by atoms with Gasteiger partial charge in [0.1, 0.15) is 6.10 Å². The Morgan fingerprint density at radius 2 is 1.71 bits per heavy atom. The third kappa shape index (κ3) is 13.6. The molecular formula is C16H29NO4. The van der Waals surface area contributed by atoms with Gasteiger partial charge in [-0.3, -0.25) is 4.79 Å². The predicted molar refractivity (Wildman–Crippen MR) is 83.0 cm³/mol. The van der Waals surface area contributed by atoms with Gasteiger partial charge in [0.25, 0.3) is 0 Å². The van der Waals surface area contributed by atoms with Gasteiger partial charge in [0.05, 0.1) is 19.8 Å². The maximum Gasteiger partial charge on any atom is 0.306 e. The van der Waals surface area contributed by atoms with Crippen molar-refractivity contribution in [3.05, 3.63) is 0 Å². The first-order chi connectivity index (χ1) is 10.2. The molecule has 0 unspecified atom stereocenters. The molecule has 0 aliphatic heterocycles. The van der Waals surface area contributed by atoms with Crippen LogP contribution in [-0.4, -0.2) is 52.6 Å². The molecule has 0 radical (unpaired) electrons. The number of unbranched alkanes of at least 4 members (excludes halogenated alkanes) is 4. The highest BCUT2D eigenvalue weighted by Crippen LogP contribution is 2.07. The highest BCUT2D eigenvalue weighted by molar-refractivity contribution is 5.69. The molecule has 0 saturated carbocycles. The zero-order chi connectivity index (χ0) is 15.8. The Morgan fingerprint density at radius 1 is 1.10 bits per heavy atom. The van der Waals surface area contributed by atoms with E-state index in [1.807, 2.05) is 0 Å². The molecule has 0 aromatic rings. The molecule has 0 saturated heterocycles. The summed E-state index contributed by atoms with van der Waals surface area (Å²) in [7, 11) is 3.16. The average Bonchev–Trinajstić information content (AvgIpc) is 2.46. The summed E-state index contributed by atoms with van der Waals surface area (Å²) < 4.78 is 15.2. The lowest BCUT2D eigenvalue weighted by atomic mass is 10.1. The number of carbonyl (C=O) groups excluding carboxylic acids is 1. The lowest BCUT2D eigenvalue weighted by Crippen LogP contribution is -2.27. The van der Waals surface area contributed by atoms with Gasteiger partial charge in [0.2, 0.25) is 0 Å². The van der Waals surface area contributed by atoms with Crippen molar-refractivity contribution in [2.75, 3.05) is 40.5 Å². The molecule has 0 aliphatic rings. The van der Waals surface area contributed by atoms with Crippen molar-refractivity contribution in [2.24, 2.45) is 0 Å². The Hall–Kier alpha value is -1.09. The van der Waals surface area contributed by atoms with Crippen LogP contribution in [0.5, 0.6) is 0 Å². The second-order valence-corrected chi connectivity index (χ2v) is 4.92. The lowest BCUT2D eigenvalue weighted by molar-refractivity contribution is -0.154. The van der Waals surface area contributed by atoms with Gasteiger partial charge in [-0.05, 0) is 19.4 Å². The molecule has 5 heteroatoms. The Morgan fingerprint density at radius 3 is 2.33 bits per heavy atom. The van der Waals surface area contributed by atoms with E-state index in [0.717, 1.165) is 38.6 Å². The highest BCUT2D eigenvalue weighted by atomic mass is 16.6. The minimum atomic E-state index is -0.310. The average molecular weight is 299 g/mol. The normalized spacial score (nSPS) is 10.6. The summed E-state index contributed by atoms with van der Waals surface area (Å²) in [6.07, 6.45) is 10.6. The van der Waals surface area contributed by atoms with Crippen LogP contribution in [0, 0.1) is 12.3 Å². The molecule has 0 aromatic carbocycles. The predicted octanol–water partition coefficient (Wildman–Crippen LogP) is 1.75. The summed E-state index contributed by atoms with van der Waals surface area (Å²) in [4.78, 5) is 11.6. The van der Waals surface area contributed by atoms with Gasteiger partial charge in [-0.2, -0.15) is 0 Å². The van der Waals surface area contributed by atoms with E-state index in [-0.39, 0.29) is 12.1 Å². The van der Waals surface area contributed by atoms with Crippen molar-refractivity contribution in [1.82, 2.24) is 5.32 Å². The minimum absolute atomic E-state index is 0.176. The molecule has 0 heterocycles. The first kappa shape index (κ1) is 19.9. The number of methoxy groups -OCH3 is 2. The van der Waals surface area contributed by atoms with Crippen molar-refractivity contribution in [3.8, 4) is 12.3 Å². The Balaban J connectivity index is 3.46. The largest absolute Gasteiger partial charge is 0.457 e. The maximum absolute atomic E-state index is 11.6. The molecule has 0 fully saturated rings. The maximum atomic E-state index is 11.6. The number of ether oxygens (including phenoxy) is 3. The monoisotopic (exact) mass is 299 g/mol. The van der Waals surface area contributed by atoms with Gasteiger partial charge >= 0.3 is 5.97 Å². The number of nitrogens with one attached hydrogen (secondary N) is 1. The van der Waals surface area contributed by atoms with E-state index >= 15 is 0 Å². The van der Waals surface area contributed by atoms with E-state index in [0.29, 0.717) is 26.2 Å². The topological polar surface area (TPSA) is 56.8 Å². The van der Waals surface area contributed by atoms with Crippen LogP contribution in [-0.2, 0) is 19.0 Å². The van der Waals surface area contributed by atoms with E-state index in [9.17, 15) is 4.79 Å². The first-order valence-electron chi connectivity index (χ1n) is 7.56. The third-order valence-corrected chi connectivity index (χ3v) is 2.96. The summed E-state index contributed by atoms with van der Waals surface area (Å²) in [6, 6.07) is 0. The Kier molecular flexibility index (Phi) is 14.5.